The van der Waals surface area contributed by atoms with Gasteiger partial charge < -0.3 is 10.1 Å². The van der Waals surface area contributed by atoms with Crippen LogP contribution >= 0.6 is 0 Å². The number of benzene rings is 1. The standard InChI is InChI=1S/C14H19F3N2O/c1-13(2)8-9-6-5-7-10(20-14(15,16)17)11(9)18-12(13)19(3)4/h5-7,12,18H,8H2,1-4H3. The fourth-order valence-corrected chi connectivity index (χ4v) is 2.85. The van der Waals surface area contributed by atoms with E-state index in [4.69, 9.17) is 0 Å². The molecule has 1 atom stereocenters. The lowest BCUT2D eigenvalue weighted by molar-refractivity contribution is -0.274. The lowest BCUT2D eigenvalue weighted by atomic mass is 9.78. The minimum absolute atomic E-state index is 0.0621. The quantitative estimate of drug-likeness (QED) is 0.902. The zero-order valence-electron chi connectivity index (χ0n) is 12.0. The number of para-hydroxylation sites is 1. The first-order valence-corrected chi connectivity index (χ1v) is 6.41. The summed E-state index contributed by atoms with van der Waals surface area (Å²) in [6, 6.07) is 4.76. The van der Waals surface area contributed by atoms with E-state index in [9.17, 15) is 13.2 Å². The highest BCUT2D eigenvalue weighted by atomic mass is 19.4. The molecule has 1 aromatic carbocycles. The summed E-state index contributed by atoms with van der Waals surface area (Å²) < 4.78 is 41.5. The molecule has 2 rings (SSSR count). The third-order valence-corrected chi connectivity index (χ3v) is 3.52. The number of alkyl halides is 3. The van der Waals surface area contributed by atoms with Crippen LogP contribution in [-0.2, 0) is 6.42 Å². The van der Waals surface area contributed by atoms with Crippen molar-refractivity contribution in [2.75, 3.05) is 19.4 Å². The lowest BCUT2D eigenvalue weighted by Crippen LogP contribution is -2.50. The van der Waals surface area contributed by atoms with E-state index in [1.54, 1.807) is 6.07 Å². The van der Waals surface area contributed by atoms with Gasteiger partial charge in [-0.15, -0.1) is 13.2 Å². The number of hydrogen-bond donors (Lipinski definition) is 1. The Bertz CT molecular complexity index is 498. The normalized spacial score (nSPS) is 21.3. The summed E-state index contributed by atoms with van der Waals surface area (Å²) in [5.74, 6) is -0.169. The predicted octanol–water partition coefficient (Wildman–Crippen LogP) is 3.47. The number of hydrogen-bond acceptors (Lipinski definition) is 3. The fraction of sp³-hybridized carbons (Fsp3) is 0.571. The van der Waals surface area contributed by atoms with Crippen molar-refractivity contribution in [2.45, 2.75) is 32.8 Å². The van der Waals surface area contributed by atoms with Crippen LogP contribution in [0.5, 0.6) is 5.75 Å². The topological polar surface area (TPSA) is 24.5 Å². The molecule has 0 radical (unpaired) electrons. The molecule has 0 bridgehead atoms. The van der Waals surface area contributed by atoms with Gasteiger partial charge in [-0.3, -0.25) is 4.90 Å². The van der Waals surface area contributed by atoms with Crippen LogP contribution in [0.4, 0.5) is 18.9 Å². The van der Waals surface area contributed by atoms with E-state index in [0.29, 0.717) is 12.1 Å². The van der Waals surface area contributed by atoms with E-state index in [2.05, 4.69) is 23.9 Å². The summed E-state index contributed by atoms with van der Waals surface area (Å²) in [7, 11) is 3.80. The number of fused-ring (bicyclic) bond motifs is 1. The zero-order valence-corrected chi connectivity index (χ0v) is 12.0. The molecule has 6 heteroatoms. The van der Waals surface area contributed by atoms with Gasteiger partial charge in [0.2, 0.25) is 0 Å². The molecule has 1 aromatic rings. The van der Waals surface area contributed by atoms with Crippen molar-refractivity contribution in [1.82, 2.24) is 4.90 Å². The first kappa shape index (κ1) is 15.0. The Labute approximate surface area is 116 Å². The van der Waals surface area contributed by atoms with Gasteiger partial charge in [-0.1, -0.05) is 26.0 Å². The van der Waals surface area contributed by atoms with Crippen molar-refractivity contribution in [3.63, 3.8) is 0 Å². The Kier molecular flexibility index (Phi) is 3.62. The largest absolute Gasteiger partial charge is 0.573 e. The molecule has 1 aliphatic heterocycles. The molecule has 1 N–H and O–H groups in total. The molecular weight excluding hydrogens is 269 g/mol. The van der Waals surface area contributed by atoms with Gasteiger partial charge in [0.25, 0.3) is 0 Å². The highest BCUT2D eigenvalue weighted by Crippen LogP contribution is 2.42. The van der Waals surface area contributed by atoms with E-state index >= 15 is 0 Å². The van der Waals surface area contributed by atoms with Crippen LogP contribution < -0.4 is 10.1 Å². The van der Waals surface area contributed by atoms with Gasteiger partial charge in [0, 0.05) is 5.41 Å². The van der Waals surface area contributed by atoms with E-state index in [1.807, 2.05) is 25.1 Å². The molecule has 1 heterocycles. The smallest absolute Gasteiger partial charge is 0.404 e. The second-order valence-electron chi connectivity index (χ2n) is 6.01. The maximum absolute atomic E-state index is 12.5. The Morgan fingerprint density at radius 3 is 2.50 bits per heavy atom. The summed E-state index contributed by atoms with van der Waals surface area (Å²) in [5.41, 5.74) is 1.19. The molecular formula is C14H19F3N2O. The van der Waals surface area contributed by atoms with Crippen LogP contribution in [0.25, 0.3) is 0 Å². The molecule has 0 spiro atoms. The zero-order chi connectivity index (χ0) is 15.1. The summed E-state index contributed by atoms with van der Waals surface area (Å²) in [6.07, 6.45) is -4.06. The molecule has 0 fully saturated rings. The average Bonchev–Trinajstić information content (AvgIpc) is 2.24. The van der Waals surface area contributed by atoms with Crippen LogP contribution in [-0.4, -0.2) is 31.5 Å². The molecule has 0 aliphatic carbocycles. The van der Waals surface area contributed by atoms with Gasteiger partial charge in [0.1, 0.15) is 0 Å². The van der Waals surface area contributed by atoms with Crippen LogP contribution in [0.3, 0.4) is 0 Å². The second kappa shape index (κ2) is 4.84. The van der Waals surface area contributed by atoms with Gasteiger partial charge in [0.05, 0.1) is 11.9 Å². The number of rotatable bonds is 2. The maximum Gasteiger partial charge on any atom is 0.573 e. The third-order valence-electron chi connectivity index (χ3n) is 3.52. The first-order chi connectivity index (χ1) is 9.10. The summed E-state index contributed by atoms with van der Waals surface area (Å²) in [6.45, 7) is 4.18. The summed E-state index contributed by atoms with van der Waals surface area (Å²) >= 11 is 0. The number of nitrogens with zero attached hydrogens (tertiary/aromatic N) is 1. The summed E-state index contributed by atoms with van der Waals surface area (Å²) in [5, 5.41) is 3.18. The Morgan fingerprint density at radius 1 is 1.30 bits per heavy atom. The maximum atomic E-state index is 12.5. The van der Waals surface area contributed by atoms with Crippen molar-refractivity contribution in [1.29, 1.82) is 0 Å². The molecule has 0 saturated heterocycles. The van der Waals surface area contributed by atoms with E-state index < -0.39 is 6.36 Å². The highest BCUT2D eigenvalue weighted by molar-refractivity contribution is 5.64. The van der Waals surface area contributed by atoms with Gasteiger partial charge in [0.15, 0.2) is 5.75 Å². The van der Waals surface area contributed by atoms with Gasteiger partial charge >= 0.3 is 6.36 Å². The fourth-order valence-electron chi connectivity index (χ4n) is 2.85. The highest BCUT2D eigenvalue weighted by Gasteiger charge is 2.39. The molecule has 1 aliphatic rings. The molecule has 0 saturated carbocycles. The Morgan fingerprint density at radius 2 is 1.95 bits per heavy atom. The Hall–Kier alpha value is -1.43. The van der Waals surface area contributed by atoms with Crippen molar-refractivity contribution >= 4 is 5.69 Å². The van der Waals surface area contributed by atoms with E-state index in [-0.39, 0.29) is 17.3 Å². The average molecular weight is 288 g/mol. The molecule has 112 valence electrons. The molecule has 0 amide bonds. The van der Waals surface area contributed by atoms with Crippen molar-refractivity contribution in [3.8, 4) is 5.75 Å². The third kappa shape index (κ3) is 3.00. The molecule has 0 aromatic heterocycles. The monoisotopic (exact) mass is 288 g/mol. The number of nitrogens with one attached hydrogen (secondary N) is 1. The van der Waals surface area contributed by atoms with E-state index in [1.165, 1.54) is 6.07 Å². The second-order valence-corrected chi connectivity index (χ2v) is 6.01. The lowest BCUT2D eigenvalue weighted by Gasteiger charge is -2.44. The van der Waals surface area contributed by atoms with Crippen molar-refractivity contribution < 1.29 is 17.9 Å². The number of halogens is 3. The molecule has 3 nitrogen and oxygen atoms in total. The van der Waals surface area contributed by atoms with Crippen LogP contribution in [0.15, 0.2) is 18.2 Å². The van der Waals surface area contributed by atoms with Crippen LogP contribution in [0, 0.1) is 5.41 Å². The minimum atomic E-state index is -4.68. The SMILES string of the molecule is CN(C)C1Nc2c(cccc2OC(F)(F)F)CC1(C)C. The number of anilines is 1. The van der Waals surface area contributed by atoms with Gasteiger partial charge in [-0.2, -0.15) is 0 Å². The van der Waals surface area contributed by atoms with Crippen molar-refractivity contribution in [3.05, 3.63) is 23.8 Å². The van der Waals surface area contributed by atoms with Gasteiger partial charge in [-0.05, 0) is 32.1 Å². The predicted molar refractivity (Wildman–Crippen MR) is 71.7 cm³/mol. The summed E-state index contributed by atoms with van der Waals surface area (Å²) in [4.78, 5) is 1.97. The first-order valence-electron chi connectivity index (χ1n) is 6.41. The number of ether oxygens (including phenoxy) is 1. The van der Waals surface area contributed by atoms with Gasteiger partial charge in [-0.25, -0.2) is 0 Å². The molecule has 1 unspecified atom stereocenters. The van der Waals surface area contributed by atoms with Crippen LogP contribution in [0.1, 0.15) is 19.4 Å². The van der Waals surface area contributed by atoms with Crippen LogP contribution in [0.2, 0.25) is 0 Å². The minimum Gasteiger partial charge on any atom is -0.404 e. The molecule has 20 heavy (non-hydrogen) atoms. The van der Waals surface area contributed by atoms with E-state index in [0.717, 1.165) is 5.56 Å². The Balaban J connectivity index is 2.40. The van der Waals surface area contributed by atoms with Crippen molar-refractivity contribution in [2.24, 2.45) is 5.41 Å².